The first-order chi connectivity index (χ1) is 8.56. The minimum absolute atomic E-state index is 0.0932. The second-order valence-corrected chi connectivity index (χ2v) is 4.50. The Hall–Kier alpha value is -1.13. The summed E-state index contributed by atoms with van der Waals surface area (Å²) in [6.45, 7) is 4.59. The first-order valence-corrected chi connectivity index (χ1v) is 6.38. The van der Waals surface area contributed by atoms with Gasteiger partial charge in [-0.05, 0) is 25.5 Å². The molecule has 1 amide bonds. The molecule has 0 saturated carbocycles. The number of hydrogen-bond donors (Lipinski definition) is 2. The molecule has 1 rings (SSSR count). The monoisotopic (exact) mass is 272 g/mol. The maximum Gasteiger partial charge on any atom is 0.236 e. The molecule has 0 spiro atoms. The van der Waals surface area contributed by atoms with Crippen molar-refractivity contribution in [3.05, 3.63) is 34.6 Å². The lowest BCUT2D eigenvalue weighted by Crippen LogP contribution is -2.42. The van der Waals surface area contributed by atoms with Crippen molar-refractivity contribution in [1.29, 1.82) is 0 Å². The number of nitrogens with one attached hydrogen (secondary N) is 2. The highest BCUT2D eigenvalue weighted by molar-refractivity contribution is 6.31. The van der Waals surface area contributed by atoms with E-state index in [1.54, 1.807) is 19.1 Å². The van der Waals surface area contributed by atoms with Crippen LogP contribution >= 0.6 is 11.6 Å². The van der Waals surface area contributed by atoms with E-state index < -0.39 is 0 Å². The van der Waals surface area contributed by atoms with Crippen molar-refractivity contribution < 1.29 is 9.18 Å². The van der Waals surface area contributed by atoms with Crippen molar-refractivity contribution in [1.82, 2.24) is 10.6 Å². The Bertz CT molecular complexity index is 392. The standard InChI is InChI=1S/C13H18ClFN2O/c1-3-7-16-13(18)9(2)17-8-10-11(14)5-4-6-12(10)15/h4-6,9,17H,3,7-8H2,1-2H3,(H,16,18). The smallest absolute Gasteiger partial charge is 0.236 e. The molecule has 0 fully saturated rings. The molecule has 1 aromatic rings. The van der Waals surface area contributed by atoms with E-state index >= 15 is 0 Å². The van der Waals surface area contributed by atoms with E-state index in [2.05, 4.69) is 10.6 Å². The van der Waals surface area contributed by atoms with Gasteiger partial charge in [0.25, 0.3) is 0 Å². The van der Waals surface area contributed by atoms with E-state index in [4.69, 9.17) is 11.6 Å². The number of hydrogen-bond acceptors (Lipinski definition) is 2. The molecule has 1 aromatic carbocycles. The number of halogens is 2. The summed E-state index contributed by atoms with van der Waals surface area (Å²) in [5, 5.41) is 6.09. The van der Waals surface area contributed by atoms with Gasteiger partial charge in [-0.2, -0.15) is 0 Å². The van der Waals surface area contributed by atoms with Gasteiger partial charge >= 0.3 is 0 Å². The van der Waals surface area contributed by atoms with Crippen LogP contribution in [-0.2, 0) is 11.3 Å². The van der Waals surface area contributed by atoms with Crippen LogP contribution in [0.5, 0.6) is 0 Å². The van der Waals surface area contributed by atoms with Crippen molar-refractivity contribution >= 4 is 17.5 Å². The van der Waals surface area contributed by atoms with E-state index in [9.17, 15) is 9.18 Å². The third-order valence-electron chi connectivity index (χ3n) is 2.59. The Morgan fingerprint density at radius 2 is 2.22 bits per heavy atom. The van der Waals surface area contributed by atoms with Gasteiger partial charge in [0.2, 0.25) is 5.91 Å². The van der Waals surface area contributed by atoms with E-state index in [1.807, 2.05) is 6.92 Å². The van der Waals surface area contributed by atoms with Crippen molar-refractivity contribution in [2.45, 2.75) is 32.9 Å². The van der Waals surface area contributed by atoms with Gasteiger partial charge in [0.05, 0.1) is 6.04 Å². The molecule has 5 heteroatoms. The quantitative estimate of drug-likeness (QED) is 0.835. The van der Waals surface area contributed by atoms with Gasteiger partial charge in [-0.1, -0.05) is 24.6 Å². The summed E-state index contributed by atoms with van der Waals surface area (Å²) in [6.07, 6.45) is 0.887. The second kappa shape index (κ2) is 7.34. The van der Waals surface area contributed by atoms with Gasteiger partial charge in [-0.15, -0.1) is 0 Å². The van der Waals surface area contributed by atoms with Crippen LogP contribution in [0.3, 0.4) is 0 Å². The molecule has 3 nitrogen and oxygen atoms in total. The molecule has 0 bridgehead atoms. The summed E-state index contributed by atoms with van der Waals surface area (Å²) in [4.78, 5) is 11.6. The predicted molar refractivity (Wildman–Crippen MR) is 71.0 cm³/mol. The summed E-state index contributed by atoms with van der Waals surface area (Å²) in [6, 6.07) is 4.15. The lowest BCUT2D eigenvalue weighted by Gasteiger charge is -2.14. The maximum absolute atomic E-state index is 13.5. The topological polar surface area (TPSA) is 41.1 Å². The molecule has 2 N–H and O–H groups in total. The average molecular weight is 273 g/mol. The predicted octanol–water partition coefficient (Wildman–Crippen LogP) is 2.48. The van der Waals surface area contributed by atoms with Crippen LogP contribution < -0.4 is 10.6 Å². The zero-order chi connectivity index (χ0) is 13.5. The van der Waals surface area contributed by atoms with E-state index in [0.717, 1.165) is 6.42 Å². The summed E-state index contributed by atoms with van der Waals surface area (Å²) in [5.41, 5.74) is 0.384. The minimum Gasteiger partial charge on any atom is -0.355 e. The molecule has 0 saturated heterocycles. The second-order valence-electron chi connectivity index (χ2n) is 4.09. The molecule has 0 radical (unpaired) electrons. The lowest BCUT2D eigenvalue weighted by atomic mass is 10.2. The van der Waals surface area contributed by atoms with Crippen LogP contribution in [0.1, 0.15) is 25.8 Å². The van der Waals surface area contributed by atoms with Crippen LogP contribution in [0.4, 0.5) is 4.39 Å². The highest BCUT2D eigenvalue weighted by atomic mass is 35.5. The van der Waals surface area contributed by atoms with Gasteiger partial charge in [-0.3, -0.25) is 4.79 Å². The number of rotatable bonds is 6. The lowest BCUT2D eigenvalue weighted by molar-refractivity contribution is -0.122. The Labute approximate surface area is 112 Å². The SMILES string of the molecule is CCCNC(=O)C(C)NCc1c(F)cccc1Cl. The van der Waals surface area contributed by atoms with E-state index in [0.29, 0.717) is 17.1 Å². The van der Waals surface area contributed by atoms with Crippen LogP contribution in [0.2, 0.25) is 5.02 Å². The number of carbonyl (C=O) groups is 1. The zero-order valence-electron chi connectivity index (χ0n) is 10.6. The Balaban J connectivity index is 2.52. The van der Waals surface area contributed by atoms with E-state index in [1.165, 1.54) is 6.07 Å². The fraction of sp³-hybridized carbons (Fsp3) is 0.462. The molecule has 0 aliphatic carbocycles. The molecule has 1 atom stereocenters. The Morgan fingerprint density at radius 3 is 2.83 bits per heavy atom. The van der Waals surface area contributed by atoms with Crippen LogP contribution in [0.15, 0.2) is 18.2 Å². The molecule has 0 heterocycles. The fourth-order valence-electron chi connectivity index (χ4n) is 1.45. The van der Waals surface area contributed by atoms with Gasteiger partial charge in [0.15, 0.2) is 0 Å². The third kappa shape index (κ3) is 4.27. The van der Waals surface area contributed by atoms with Crippen molar-refractivity contribution in [2.24, 2.45) is 0 Å². The first kappa shape index (κ1) is 14.9. The Morgan fingerprint density at radius 1 is 1.50 bits per heavy atom. The van der Waals surface area contributed by atoms with E-state index in [-0.39, 0.29) is 24.3 Å². The van der Waals surface area contributed by atoms with Crippen molar-refractivity contribution in [3.8, 4) is 0 Å². The normalized spacial score (nSPS) is 12.2. The molecule has 0 aromatic heterocycles. The first-order valence-electron chi connectivity index (χ1n) is 6.00. The van der Waals surface area contributed by atoms with Crippen LogP contribution in [0, 0.1) is 5.82 Å². The molecule has 1 unspecified atom stereocenters. The highest BCUT2D eigenvalue weighted by Crippen LogP contribution is 2.18. The molecular formula is C13H18ClFN2O. The maximum atomic E-state index is 13.5. The molecular weight excluding hydrogens is 255 g/mol. The molecule has 0 aliphatic heterocycles. The minimum atomic E-state index is -0.382. The average Bonchev–Trinajstić information content (AvgIpc) is 2.35. The molecule has 18 heavy (non-hydrogen) atoms. The zero-order valence-corrected chi connectivity index (χ0v) is 11.4. The van der Waals surface area contributed by atoms with Gasteiger partial charge in [-0.25, -0.2) is 4.39 Å². The van der Waals surface area contributed by atoms with Gasteiger partial charge in [0.1, 0.15) is 5.82 Å². The largest absolute Gasteiger partial charge is 0.355 e. The fourth-order valence-corrected chi connectivity index (χ4v) is 1.68. The highest BCUT2D eigenvalue weighted by Gasteiger charge is 2.13. The molecule has 0 aliphatic rings. The summed E-state index contributed by atoms with van der Waals surface area (Å²) in [7, 11) is 0. The van der Waals surface area contributed by atoms with Crippen LogP contribution in [0.25, 0.3) is 0 Å². The van der Waals surface area contributed by atoms with Gasteiger partial charge in [0, 0.05) is 23.7 Å². The molecule has 100 valence electrons. The summed E-state index contributed by atoms with van der Waals surface area (Å²) >= 11 is 5.90. The number of carbonyl (C=O) groups excluding carboxylic acids is 1. The van der Waals surface area contributed by atoms with Gasteiger partial charge < -0.3 is 10.6 Å². The summed E-state index contributed by atoms with van der Waals surface area (Å²) in [5.74, 6) is -0.458. The third-order valence-corrected chi connectivity index (χ3v) is 2.94. The summed E-state index contributed by atoms with van der Waals surface area (Å²) < 4.78 is 13.5. The van der Waals surface area contributed by atoms with Crippen LogP contribution in [-0.4, -0.2) is 18.5 Å². The number of benzene rings is 1. The van der Waals surface area contributed by atoms with Crippen molar-refractivity contribution in [3.63, 3.8) is 0 Å². The van der Waals surface area contributed by atoms with Crippen molar-refractivity contribution in [2.75, 3.05) is 6.54 Å². The Kier molecular flexibility index (Phi) is 6.09. The number of amides is 1.